The number of hydrogen-bond donors (Lipinski definition) is 2. The van der Waals surface area contributed by atoms with Crippen LogP contribution in [0.25, 0.3) is 0 Å². The summed E-state index contributed by atoms with van der Waals surface area (Å²) in [5.74, 6) is 0.646. The number of methoxy groups -OCH3 is 1. The number of nitrogens with one attached hydrogen (secondary N) is 1. The number of nitrogens with two attached hydrogens (primary N) is 1. The molecule has 1 heterocycles. The maximum Gasteiger partial charge on any atom is 0.145 e. The first-order valence-corrected chi connectivity index (χ1v) is 5.43. The number of anilines is 3. The monoisotopic (exact) mass is 247 g/mol. The van der Waals surface area contributed by atoms with Gasteiger partial charge in [-0.2, -0.15) is 0 Å². The highest BCUT2D eigenvalue weighted by atomic mass is 19.1. The predicted octanol–water partition coefficient (Wildman–Crippen LogP) is 2.86. The molecule has 0 fully saturated rings. The summed E-state index contributed by atoms with van der Waals surface area (Å²) in [6.07, 6.45) is 1.67. The summed E-state index contributed by atoms with van der Waals surface area (Å²) in [4.78, 5) is 4.19. The Bertz CT molecular complexity index is 572. The molecule has 2 aromatic rings. The molecule has 1 aromatic carbocycles. The highest BCUT2D eigenvalue weighted by Gasteiger charge is 2.06. The van der Waals surface area contributed by atoms with Gasteiger partial charge in [-0.15, -0.1) is 0 Å². The Morgan fingerprint density at radius 3 is 2.78 bits per heavy atom. The molecule has 0 aliphatic carbocycles. The van der Waals surface area contributed by atoms with Crippen molar-refractivity contribution in [3.05, 3.63) is 41.8 Å². The molecule has 0 saturated carbocycles. The zero-order valence-electron chi connectivity index (χ0n) is 10.2. The van der Waals surface area contributed by atoms with Crippen LogP contribution in [0.3, 0.4) is 0 Å². The average molecular weight is 247 g/mol. The van der Waals surface area contributed by atoms with Gasteiger partial charge >= 0.3 is 0 Å². The second kappa shape index (κ2) is 4.91. The van der Waals surface area contributed by atoms with E-state index in [0.29, 0.717) is 22.9 Å². The van der Waals surface area contributed by atoms with Crippen LogP contribution >= 0.6 is 0 Å². The fourth-order valence-electron chi connectivity index (χ4n) is 1.51. The molecule has 0 bridgehead atoms. The Balaban J connectivity index is 2.30. The van der Waals surface area contributed by atoms with Gasteiger partial charge in [0.1, 0.15) is 17.4 Å². The number of benzene rings is 1. The van der Waals surface area contributed by atoms with Gasteiger partial charge in [-0.05, 0) is 24.6 Å². The quantitative estimate of drug-likeness (QED) is 0.875. The summed E-state index contributed by atoms with van der Waals surface area (Å²) >= 11 is 0. The Labute approximate surface area is 105 Å². The van der Waals surface area contributed by atoms with Gasteiger partial charge in [0.05, 0.1) is 12.8 Å². The van der Waals surface area contributed by atoms with Gasteiger partial charge in [-0.25, -0.2) is 9.37 Å². The van der Waals surface area contributed by atoms with Crippen LogP contribution in [-0.2, 0) is 0 Å². The van der Waals surface area contributed by atoms with Gasteiger partial charge in [0.2, 0.25) is 0 Å². The molecule has 0 saturated heterocycles. The number of aromatic nitrogens is 1. The number of nitrogen functional groups attached to an aromatic ring is 1. The van der Waals surface area contributed by atoms with Gasteiger partial charge in [-0.1, -0.05) is 0 Å². The van der Waals surface area contributed by atoms with Crippen molar-refractivity contribution in [1.82, 2.24) is 4.98 Å². The van der Waals surface area contributed by atoms with E-state index < -0.39 is 0 Å². The molecular formula is C13H14FN3O. The summed E-state index contributed by atoms with van der Waals surface area (Å²) in [6, 6.07) is 5.96. The van der Waals surface area contributed by atoms with Gasteiger partial charge in [0.25, 0.3) is 0 Å². The summed E-state index contributed by atoms with van der Waals surface area (Å²) in [7, 11) is 1.48. The van der Waals surface area contributed by atoms with Crippen LogP contribution in [0.5, 0.6) is 5.75 Å². The van der Waals surface area contributed by atoms with Gasteiger partial charge in [-0.3, -0.25) is 0 Å². The number of halogens is 1. The first kappa shape index (κ1) is 12.2. The topological polar surface area (TPSA) is 60.2 Å². The van der Waals surface area contributed by atoms with Crippen molar-refractivity contribution in [2.75, 3.05) is 18.2 Å². The van der Waals surface area contributed by atoms with E-state index in [1.165, 1.54) is 19.2 Å². The maximum absolute atomic E-state index is 13.0. The standard InChI is InChI=1S/C13H14FN3O/c1-8-7-16-13(6-10(8)15)17-11-4-3-9(14)5-12(11)18-2/h3-7H,1-2H3,(H3,15,16,17). The van der Waals surface area contributed by atoms with Crippen molar-refractivity contribution >= 4 is 17.2 Å². The number of hydrogen-bond acceptors (Lipinski definition) is 4. The van der Waals surface area contributed by atoms with Crippen molar-refractivity contribution < 1.29 is 9.13 Å². The normalized spacial score (nSPS) is 10.2. The van der Waals surface area contributed by atoms with Crippen molar-refractivity contribution in [1.29, 1.82) is 0 Å². The van der Waals surface area contributed by atoms with E-state index in [2.05, 4.69) is 10.3 Å². The number of aryl methyl sites for hydroxylation is 1. The Kier molecular flexibility index (Phi) is 3.32. The smallest absolute Gasteiger partial charge is 0.145 e. The molecule has 4 nitrogen and oxygen atoms in total. The molecule has 1 aromatic heterocycles. The first-order valence-electron chi connectivity index (χ1n) is 5.43. The predicted molar refractivity (Wildman–Crippen MR) is 69.6 cm³/mol. The van der Waals surface area contributed by atoms with E-state index in [-0.39, 0.29) is 5.82 Å². The molecule has 3 N–H and O–H groups in total. The van der Waals surface area contributed by atoms with E-state index >= 15 is 0 Å². The van der Waals surface area contributed by atoms with E-state index in [9.17, 15) is 4.39 Å². The molecule has 18 heavy (non-hydrogen) atoms. The molecule has 0 spiro atoms. The van der Waals surface area contributed by atoms with E-state index in [0.717, 1.165) is 5.56 Å². The second-order valence-corrected chi connectivity index (χ2v) is 3.90. The molecule has 0 atom stereocenters. The Morgan fingerprint density at radius 1 is 1.33 bits per heavy atom. The van der Waals surface area contributed by atoms with Gasteiger partial charge < -0.3 is 15.8 Å². The molecule has 94 valence electrons. The van der Waals surface area contributed by atoms with Gasteiger partial charge in [0, 0.05) is 24.0 Å². The van der Waals surface area contributed by atoms with Crippen molar-refractivity contribution in [3.8, 4) is 5.75 Å². The van der Waals surface area contributed by atoms with E-state index in [4.69, 9.17) is 10.5 Å². The summed E-state index contributed by atoms with van der Waals surface area (Å²) < 4.78 is 18.1. The minimum absolute atomic E-state index is 0.353. The van der Waals surface area contributed by atoms with Crippen molar-refractivity contribution in [2.24, 2.45) is 0 Å². The summed E-state index contributed by atoms with van der Waals surface area (Å²) in [6.45, 7) is 1.88. The first-order chi connectivity index (χ1) is 8.60. The lowest BCUT2D eigenvalue weighted by molar-refractivity contribution is 0.413. The van der Waals surface area contributed by atoms with Crippen LogP contribution in [0.2, 0.25) is 0 Å². The van der Waals surface area contributed by atoms with Gasteiger partial charge in [0.15, 0.2) is 0 Å². The van der Waals surface area contributed by atoms with Crippen LogP contribution in [0, 0.1) is 12.7 Å². The molecule has 5 heteroatoms. The zero-order chi connectivity index (χ0) is 13.1. The van der Waals surface area contributed by atoms with Crippen LogP contribution in [0.15, 0.2) is 30.5 Å². The maximum atomic E-state index is 13.0. The van der Waals surface area contributed by atoms with Crippen molar-refractivity contribution in [2.45, 2.75) is 6.92 Å². The largest absolute Gasteiger partial charge is 0.494 e. The molecule has 0 amide bonds. The number of ether oxygens (including phenoxy) is 1. The lowest BCUT2D eigenvalue weighted by Gasteiger charge is -2.11. The summed E-state index contributed by atoms with van der Waals surface area (Å²) in [5, 5.41) is 3.04. The fraction of sp³-hybridized carbons (Fsp3) is 0.154. The number of nitrogens with zero attached hydrogens (tertiary/aromatic N) is 1. The Morgan fingerprint density at radius 2 is 2.11 bits per heavy atom. The SMILES string of the molecule is COc1cc(F)ccc1Nc1cc(N)c(C)cn1. The average Bonchev–Trinajstić information content (AvgIpc) is 2.36. The molecule has 2 rings (SSSR count). The third kappa shape index (κ3) is 2.51. The van der Waals surface area contributed by atoms with Crippen LogP contribution < -0.4 is 15.8 Å². The minimum atomic E-state index is -0.353. The molecule has 0 unspecified atom stereocenters. The minimum Gasteiger partial charge on any atom is -0.494 e. The fourth-order valence-corrected chi connectivity index (χ4v) is 1.51. The molecule has 0 aliphatic rings. The summed E-state index contributed by atoms with van der Waals surface area (Å²) in [5.41, 5.74) is 7.99. The molecular weight excluding hydrogens is 233 g/mol. The van der Waals surface area contributed by atoms with Crippen LogP contribution in [0.4, 0.5) is 21.6 Å². The second-order valence-electron chi connectivity index (χ2n) is 3.90. The molecule has 0 radical (unpaired) electrons. The third-order valence-corrected chi connectivity index (χ3v) is 2.57. The lowest BCUT2D eigenvalue weighted by atomic mass is 10.2. The van der Waals surface area contributed by atoms with Crippen molar-refractivity contribution in [3.63, 3.8) is 0 Å². The van der Waals surface area contributed by atoms with E-state index in [1.807, 2.05) is 6.92 Å². The van der Waals surface area contributed by atoms with Crippen LogP contribution in [0.1, 0.15) is 5.56 Å². The zero-order valence-corrected chi connectivity index (χ0v) is 10.2. The highest BCUT2D eigenvalue weighted by molar-refractivity contribution is 5.66. The number of rotatable bonds is 3. The lowest BCUT2D eigenvalue weighted by Crippen LogP contribution is -1.99. The van der Waals surface area contributed by atoms with Crippen LogP contribution in [-0.4, -0.2) is 12.1 Å². The Hall–Kier alpha value is -2.30. The third-order valence-electron chi connectivity index (χ3n) is 2.57. The van der Waals surface area contributed by atoms with E-state index in [1.54, 1.807) is 18.3 Å². The number of pyridine rings is 1. The molecule has 0 aliphatic heterocycles. The highest BCUT2D eigenvalue weighted by Crippen LogP contribution is 2.28.